The van der Waals surface area contributed by atoms with Crippen molar-refractivity contribution >= 4 is 54.8 Å². The number of halogens is 2. The van der Waals surface area contributed by atoms with Crippen molar-refractivity contribution in [1.29, 1.82) is 0 Å². The van der Waals surface area contributed by atoms with Crippen LogP contribution in [-0.2, 0) is 32.4 Å². The monoisotopic (exact) mass is 560 g/mol. The summed E-state index contributed by atoms with van der Waals surface area (Å²) in [5.41, 5.74) is 2.41. The molecule has 10 heteroatoms. The summed E-state index contributed by atoms with van der Waals surface area (Å²) >= 11 is 7.53. The van der Waals surface area contributed by atoms with Gasteiger partial charge in [-0.1, -0.05) is 35.9 Å². The summed E-state index contributed by atoms with van der Waals surface area (Å²) in [5.74, 6) is -0.832. The minimum atomic E-state index is -3.40. The fraction of sp³-hybridized carbons (Fsp3) is 0.259. The standard InChI is InChI=1S/C27H26ClFN2O4S2/c1-27(2,3)35-23(32)15-22-30-26-21(36-22)14-18(25(29)24(26)17-6-5-7-19(28)13-17)12-16-8-10-20(11-9-16)31-37(4,33)34/h5-11,13-14,31H,12,15H2,1-4H3. The minimum absolute atomic E-state index is 0.0165. The number of aromatic nitrogens is 1. The van der Waals surface area contributed by atoms with E-state index in [4.69, 9.17) is 16.3 Å². The van der Waals surface area contributed by atoms with Crippen molar-refractivity contribution in [1.82, 2.24) is 4.98 Å². The van der Waals surface area contributed by atoms with Crippen molar-refractivity contribution in [3.63, 3.8) is 0 Å². The van der Waals surface area contributed by atoms with Gasteiger partial charge in [-0.05, 0) is 67.8 Å². The molecular formula is C27H26ClFN2O4S2. The van der Waals surface area contributed by atoms with E-state index in [1.807, 2.05) is 0 Å². The van der Waals surface area contributed by atoms with Crippen LogP contribution in [0.25, 0.3) is 21.3 Å². The summed E-state index contributed by atoms with van der Waals surface area (Å²) in [5, 5.41) is 0.994. The summed E-state index contributed by atoms with van der Waals surface area (Å²) < 4.78 is 47.6. The fourth-order valence-corrected chi connectivity index (χ4v) is 5.66. The molecule has 1 N–H and O–H groups in total. The Morgan fingerprint density at radius 2 is 1.84 bits per heavy atom. The van der Waals surface area contributed by atoms with Gasteiger partial charge in [-0.25, -0.2) is 17.8 Å². The molecule has 1 aromatic heterocycles. The molecule has 37 heavy (non-hydrogen) atoms. The Morgan fingerprint density at radius 1 is 1.14 bits per heavy atom. The Labute approximate surface area is 224 Å². The summed E-state index contributed by atoms with van der Waals surface area (Å²) in [7, 11) is -3.40. The summed E-state index contributed by atoms with van der Waals surface area (Å²) in [6.45, 7) is 5.39. The van der Waals surface area contributed by atoms with Gasteiger partial charge < -0.3 is 4.74 Å². The van der Waals surface area contributed by atoms with Gasteiger partial charge in [0.1, 0.15) is 16.4 Å². The Kier molecular flexibility index (Phi) is 7.60. The van der Waals surface area contributed by atoms with Gasteiger partial charge in [-0.2, -0.15) is 0 Å². The summed E-state index contributed by atoms with van der Waals surface area (Å²) in [6.07, 6.45) is 1.33. The maximum Gasteiger partial charge on any atom is 0.313 e. The highest BCUT2D eigenvalue weighted by Gasteiger charge is 2.22. The molecule has 0 fully saturated rings. The largest absolute Gasteiger partial charge is 0.460 e. The number of hydrogen-bond acceptors (Lipinski definition) is 6. The van der Waals surface area contributed by atoms with Gasteiger partial charge in [0.15, 0.2) is 0 Å². The first kappa shape index (κ1) is 27.0. The number of benzene rings is 3. The van der Waals surface area contributed by atoms with Crippen molar-refractivity contribution in [3.8, 4) is 11.1 Å². The van der Waals surface area contributed by atoms with Gasteiger partial charge in [-0.3, -0.25) is 9.52 Å². The number of carbonyl (C=O) groups excluding carboxylic acids is 1. The molecule has 0 spiro atoms. The second-order valence-corrected chi connectivity index (χ2v) is 13.0. The van der Waals surface area contributed by atoms with Crippen LogP contribution in [0.15, 0.2) is 54.6 Å². The zero-order valence-corrected chi connectivity index (χ0v) is 23.2. The van der Waals surface area contributed by atoms with E-state index in [0.29, 0.717) is 37.9 Å². The first-order valence-corrected chi connectivity index (χ1v) is 14.5. The zero-order chi connectivity index (χ0) is 27.0. The van der Waals surface area contributed by atoms with Crippen molar-refractivity contribution in [2.24, 2.45) is 0 Å². The van der Waals surface area contributed by atoms with Crippen molar-refractivity contribution in [3.05, 3.63) is 81.6 Å². The van der Waals surface area contributed by atoms with E-state index in [9.17, 15) is 13.2 Å². The van der Waals surface area contributed by atoms with Crippen LogP contribution in [0, 0.1) is 5.82 Å². The smallest absolute Gasteiger partial charge is 0.313 e. The van der Waals surface area contributed by atoms with E-state index in [1.165, 1.54) is 11.3 Å². The topological polar surface area (TPSA) is 85.4 Å². The molecule has 0 aliphatic rings. The Balaban J connectivity index is 1.75. The molecule has 0 saturated carbocycles. The van der Waals surface area contributed by atoms with Crippen LogP contribution in [0.4, 0.5) is 10.1 Å². The van der Waals surface area contributed by atoms with E-state index >= 15 is 4.39 Å². The molecule has 0 radical (unpaired) electrons. The normalized spacial score (nSPS) is 12.1. The molecule has 6 nitrogen and oxygen atoms in total. The van der Waals surface area contributed by atoms with Gasteiger partial charge in [0.25, 0.3) is 0 Å². The molecule has 0 unspecified atom stereocenters. The van der Waals surface area contributed by atoms with Gasteiger partial charge in [0.05, 0.1) is 22.9 Å². The molecule has 0 aliphatic carbocycles. The fourth-order valence-electron chi connectivity index (χ4n) is 3.88. The number of rotatable bonds is 7. The molecule has 0 atom stereocenters. The quantitative estimate of drug-likeness (QED) is 0.257. The maximum absolute atomic E-state index is 16.0. The predicted octanol–water partition coefficient (Wildman–Crippen LogP) is 6.60. The summed E-state index contributed by atoms with van der Waals surface area (Å²) in [4.78, 5) is 17.0. The van der Waals surface area contributed by atoms with Gasteiger partial charge in [0, 0.05) is 22.7 Å². The Bertz CT molecular complexity index is 1580. The van der Waals surface area contributed by atoms with Crippen molar-refractivity contribution in [2.45, 2.75) is 39.2 Å². The third kappa shape index (κ3) is 7.06. The van der Waals surface area contributed by atoms with E-state index < -0.39 is 27.4 Å². The number of thiazole rings is 1. The van der Waals surface area contributed by atoms with Crippen molar-refractivity contribution in [2.75, 3.05) is 11.0 Å². The van der Waals surface area contributed by atoms with Crippen LogP contribution in [0.1, 0.15) is 36.9 Å². The lowest BCUT2D eigenvalue weighted by Crippen LogP contribution is -2.24. The van der Waals surface area contributed by atoms with Crippen LogP contribution in [-0.4, -0.2) is 31.2 Å². The predicted molar refractivity (Wildman–Crippen MR) is 147 cm³/mol. The minimum Gasteiger partial charge on any atom is -0.460 e. The molecule has 3 aromatic carbocycles. The molecule has 0 aliphatic heterocycles. The van der Waals surface area contributed by atoms with Crippen LogP contribution in [0.5, 0.6) is 0 Å². The number of nitrogens with one attached hydrogen (secondary N) is 1. The Morgan fingerprint density at radius 3 is 2.46 bits per heavy atom. The molecular weight excluding hydrogens is 535 g/mol. The van der Waals surface area contributed by atoms with E-state index in [-0.39, 0.29) is 12.8 Å². The number of nitrogens with zero attached hydrogens (tertiary/aromatic N) is 1. The molecule has 0 amide bonds. The third-order valence-electron chi connectivity index (χ3n) is 5.22. The van der Waals surface area contributed by atoms with Gasteiger partial charge in [0.2, 0.25) is 10.0 Å². The molecule has 0 saturated heterocycles. The second-order valence-electron chi connectivity index (χ2n) is 9.70. The number of hydrogen-bond donors (Lipinski definition) is 1. The Hall–Kier alpha value is -3.01. The lowest BCUT2D eigenvalue weighted by Gasteiger charge is -2.18. The van der Waals surface area contributed by atoms with Gasteiger partial charge >= 0.3 is 5.97 Å². The molecule has 4 aromatic rings. The second kappa shape index (κ2) is 10.4. The number of esters is 1. The van der Waals surface area contributed by atoms with E-state index in [1.54, 1.807) is 75.4 Å². The SMILES string of the molecule is CC(C)(C)OC(=O)Cc1nc2c(-c3cccc(Cl)c3)c(F)c(Cc3ccc(NS(C)(=O)=O)cc3)cc2s1. The lowest BCUT2D eigenvalue weighted by molar-refractivity contribution is -0.153. The molecule has 1 heterocycles. The van der Waals surface area contributed by atoms with Crippen LogP contribution in [0.3, 0.4) is 0 Å². The first-order valence-electron chi connectivity index (χ1n) is 11.4. The lowest BCUT2D eigenvalue weighted by atomic mass is 9.97. The highest BCUT2D eigenvalue weighted by atomic mass is 35.5. The number of fused-ring (bicyclic) bond motifs is 1. The molecule has 194 valence electrons. The van der Waals surface area contributed by atoms with Gasteiger partial charge in [-0.15, -0.1) is 11.3 Å². The number of sulfonamides is 1. The van der Waals surface area contributed by atoms with Crippen LogP contribution in [0.2, 0.25) is 5.02 Å². The molecule has 0 bridgehead atoms. The maximum atomic E-state index is 16.0. The number of ether oxygens (including phenoxy) is 1. The average molecular weight is 561 g/mol. The third-order valence-corrected chi connectivity index (χ3v) is 7.07. The van der Waals surface area contributed by atoms with Crippen LogP contribution >= 0.6 is 22.9 Å². The average Bonchev–Trinajstić information content (AvgIpc) is 3.14. The number of anilines is 1. The first-order chi connectivity index (χ1) is 17.3. The van der Waals surface area contributed by atoms with Crippen molar-refractivity contribution < 1.29 is 22.3 Å². The highest BCUT2D eigenvalue weighted by Crippen LogP contribution is 2.38. The molecule has 4 rings (SSSR count). The highest BCUT2D eigenvalue weighted by molar-refractivity contribution is 7.92. The summed E-state index contributed by atoms with van der Waals surface area (Å²) in [6, 6.07) is 15.4. The number of carbonyl (C=O) groups is 1. The van der Waals surface area contributed by atoms with Crippen LogP contribution < -0.4 is 4.72 Å². The van der Waals surface area contributed by atoms with E-state index in [2.05, 4.69) is 9.71 Å². The van der Waals surface area contributed by atoms with E-state index in [0.717, 1.165) is 16.5 Å². The zero-order valence-electron chi connectivity index (χ0n) is 20.8.